The van der Waals surface area contributed by atoms with E-state index in [4.69, 9.17) is 5.26 Å². The van der Waals surface area contributed by atoms with Crippen LogP contribution in [-0.4, -0.2) is 13.1 Å². The van der Waals surface area contributed by atoms with Gasteiger partial charge in [-0.05, 0) is 30.3 Å². The van der Waals surface area contributed by atoms with E-state index in [2.05, 4.69) is 16.1 Å². The van der Waals surface area contributed by atoms with E-state index < -0.39 is 11.8 Å². The molecule has 4 nitrogen and oxygen atoms in total. The molecule has 0 unspecified atom stereocenters. The van der Waals surface area contributed by atoms with Crippen LogP contribution >= 0.6 is 11.3 Å². The highest BCUT2D eigenvalue weighted by molar-refractivity contribution is 7.12. The van der Waals surface area contributed by atoms with Gasteiger partial charge in [0.05, 0.1) is 12.7 Å². The summed E-state index contributed by atoms with van der Waals surface area (Å²) in [6.45, 7) is 0.446. The standard InChI is InChI=1S/C14H11FN2O2S/c1-19-14(18)12-6-9(15)2-5-13(12)17-8-11-4-3-10(7-16)20-11/h2-6,17H,8H2,1H3. The minimum absolute atomic E-state index is 0.143. The van der Waals surface area contributed by atoms with Gasteiger partial charge in [-0.1, -0.05) is 0 Å². The molecule has 0 saturated heterocycles. The molecule has 0 spiro atoms. The maximum Gasteiger partial charge on any atom is 0.340 e. The average Bonchev–Trinajstić information content (AvgIpc) is 2.93. The van der Waals surface area contributed by atoms with Crippen molar-refractivity contribution in [3.63, 3.8) is 0 Å². The number of anilines is 1. The van der Waals surface area contributed by atoms with Crippen LogP contribution in [0.15, 0.2) is 30.3 Å². The number of hydrogen-bond acceptors (Lipinski definition) is 5. The Balaban J connectivity index is 2.17. The molecule has 0 radical (unpaired) electrons. The summed E-state index contributed by atoms with van der Waals surface area (Å²) in [4.78, 5) is 13.1. The van der Waals surface area contributed by atoms with Gasteiger partial charge in [0.25, 0.3) is 0 Å². The molecule has 6 heteroatoms. The molecule has 0 amide bonds. The van der Waals surface area contributed by atoms with Crippen molar-refractivity contribution in [3.8, 4) is 6.07 Å². The summed E-state index contributed by atoms with van der Waals surface area (Å²) in [6, 6.07) is 9.50. The molecule has 0 aliphatic rings. The molecule has 1 heterocycles. The molecule has 2 rings (SSSR count). The second kappa shape index (κ2) is 6.17. The summed E-state index contributed by atoms with van der Waals surface area (Å²) in [5, 5.41) is 11.8. The summed E-state index contributed by atoms with van der Waals surface area (Å²) in [7, 11) is 1.25. The number of halogens is 1. The minimum Gasteiger partial charge on any atom is -0.465 e. The Morgan fingerprint density at radius 3 is 2.90 bits per heavy atom. The monoisotopic (exact) mass is 290 g/mol. The van der Waals surface area contributed by atoms with Crippen molar-refractivity contribution in [3.05, 3.63) is 51.5 Å². The van der Waals surface area contributed by atoms with E-state index in [0.717, 1.165) is 10.9 Å². The topological polar surface area (TPSA) is 62.1 Å². The lowest BCUT2D eigenvalue weighted by Crippen LogP contribution is -2.08. The van der Waals surface area contributed by atoms with E-state index in [1.165, 1.54) is 30.6 Å². The first kappa shape index (κ1) is 14.0. The van der Waals surface area contributed by atoms with Crippen molar-refractivity contribution in [2.45, 2.75) is 6.54 Å². The number of carbonyl (C=O) groups is 1. The fraction of sp³-hybridized carbons (Fsp3) is 0.143. The van der Waals surface area contributed by atoms with Crippen LogP contribution in [-0.2, 0) is 11.3 Å². The maximum absolute atomic E-state index is 13.2. The smallest absolute Gasteiger partial charge is 0.340 e. The summed E-state index contributed by atoms with van der Waals surface area (Å²) in [5.74, 6) is -1.10. The first-order valence-electron chi connectivity index (χ1n) is 5.74. The van der Waals surface area contributed by atoms with Crippen LogP contribution in [0.1, 0.15) is 20.1 Å². The normalized spacial score (nSPS) is 9.85. The fourth-order valence-electron chi connectivity index (χ4n) is 1.66. The molecular weight excluding hydrogens is 279 g/mol. The predicted molar refractivity (Wildman–Crippen MR) is 74.1 cm³/mol. The van der Waals surface area contributed by atoms with Gasteiger partial charge in [0, 0.05) is 17.1 Å². The van der Waals surface area contributed by atoms with Gasteiger partial charge in [-0.15, -0.1) is 11.3 Å². The van der Waals surface area contributed by atoms with Gasteiger partial charge in [0.2, 0.25) is 0 Å². The molecular formula is C14H11FN2O2S. The Morgan fingerprint density at radius 2 is 2.25 bits per heavy atom. The Labute approximate surface area is 119 Å². The zero-order chi connectivity index (χ0) is 14.5. The summed E-state index contributed by atoms with van der Waals surface area (Å²) in [6.07, 6.45) is 0. The Bertz CT molecular complexity index is 676. The largest absolute Gasteiger partial charge is 0.465 e. The van der Waals surface area contributed by atoms with Crippen molar-refractivity contribution in [2.24, 2.45) is 0 Å². The van der Waals surface area contributed by atoms with Crippen LogP contribution in [0.4, 0.5) is 10.1 Å². The quantitative estimate of drug-likeness (QED) is 0.879. The second-order valence-corrected chi connectivity index (χ2v) is 5.08. The molecule has 102 valence electrons. The van der Waals surface area contributed by atoms with Crippen molar-refractivity contribution < 1.29 is 13.9 Å². The average molecular weight is 290 g/mol. The van der Waals surface area contributed by atoms with Gasteiger partial charge >= 0.3 is 5.97 Å². The van der Waals surface area contributed by atoms with Gasteiger partial charge < -0.3 is 10.1 Å². The summed E-state index contributed by atoms with van der Waals surface area (Å²) < 4.78 is 17.8. The molecule has 1 N–H and O–H groups in total. The SMILES string of the molecule is COC(=O)c1cc(F)ccc1NCc1ccc(C#N)s1. The van der Waals surface area contributed by atoms with Crippen LogP contribution in [0, 0.1) is 17.1 Å². The number of thiophene rings is 1. The highest BCUT2D eigenvalue weighted by Gasteiger charge is 2.13. The number of rotatable bonds is 4. The lowest BCUT2D eigenvalue weighted by Gasteiger charge is -2.10. The van der Waals surface area contributed by atoms with Gasteiger partial charge in [-0.25, -0.2) is 9.18 Å². The Kier molecular flexibility index (Phi) is 4.33. The summed E-state index contributed by atoms with van der Waals surface area (Å²) >= 11 is 1.36. The lowest BCUT2D eigenvalue weighted by atomic mass is 10.1. The van der Waals surface area contributed by atoms with Crippen LogP contribution in [0.2, 0.25) is 0 Å². The van der Waals surface area contributed by atoms with Crippen LogP contribution in [0.3, 0.4) is 0 Å². The molecule has 1 aromatic heterocycles. The highest BCUT2D eigenvalue weighted by Crippen LogP contribution is 2.21. The van der Waals surface area contributed by atoms with E-state index in [-0.39, 0.29) is 5.56 Å². The number of nitriles is 1. The number of nitrogens with one attached hydrogen (secondary N) is 1. The van der Waals surface area contributed by atoms with Crippen molar-refractivity contribution in [1.29, 1.82) is 5.26 Å². The van der Waals surface area contributed by atoms with Gasteiger partial charge in [0.1, 0.15) is 16.8 Å². The lowest BCUT2D eigenvalue weighted by molar-refractivity contribution is 0.0601. The molecule has 0 atom stereocenters. The number of hydrogen-bond donors (Lipinski definition) is 1. The Morgan fingerprint density at radius 1 is 1.45 bits per heavy atom. The molecule has 0 aliphatic heterocycles. The third kappa shape index (κ3) is 3.13. The maximum atomic E-state index is 13.2. The van der Waals surface area contributed by atoms with Crippen molar-refractivity contribution >= 4 is 23.0 Å². The zero-order valence-corrected chi connectivity index (χ0v) is 11.5. The predicted octanol–water partition coefficient (Wildman–Crippen LogP) is 3.16. The van der Waals surface area contributed by atoms with E-state index in [1.807, 2.05) is 6.07 Å². The van der Waals surface area contributed by atoms with E-state index in [9.17, 15) is 9.18 Å². The minimum atomic E-state index is -0.601. The van der Waals surface area contributed by atoms with Crippen molar-refractivity contribution in [1.82, 2.24) is 0 Å². The van der Waals surface area contributed by atoms with E-state index >= 15 is 0 Å². The molecule has 0 bridgehead atoms. The Hall–Kier alpha value is -2.39. The van der Waals surface area contributed by atoms with Crippen LogP contribution in [0.5, 0.6) is 0 Å². The van der Waals surface area contributed by atoms with Gasteiger partial charge in [-0.3, -0.25) is 0 Å². The van der Waals surface area contributed by atoms with Crippen molar-refractivity contribution in [2.75, 3.05) is 12.4 Å². The van der Waals surface area contributed by atoms with Crippen LogP contribution < -0.4 is 5.32 Å². The van der Waals surface area contributed by atoms with E-state index in [0.29, 0.717) is 17.1 Å². The molecule has 0 aliphatic carbocycles. The number of ether oxygens (including phenoxy) is 1. The van der Waals surface area contributed by atoms with Crippen LogP contribution in [0.25, 0.3) is 0 Å². The third-order valence-electron chi connectivity index (χ3n) is 2.61. The molecule has 0 fully saturated rings. The second-order valence-electron chi connectivity index (χ2n) is 3.91. The number of methoxy groups -OCH3 is 1. The van der Waals surface area contributed by atoms with Gasteiger partial charge in [-0.2, -0.15) is 5.26 Å². The highest BCUT2D eigenvalue weighted by atomic mass is 32.1. The van der Waals surface area contributed by atoms with E-state index in [1.54, 1.807) is 6.07 Å². The third-order valence-corrected chi connectivity index (χ3v) is 3.60. The number of carbonyl (C=O) groups excluding carboxylic acids is 1. The van der Waals surface area contributed by atoms with Gasteiger partial charge in [0.15, 0.2) is 0 Å². The fourth-order valence-corrected chi connectivity index (χ4v) is 2.41. The number of esters is 1. The molecule has 2 aromatic rings. The first-order chi connectivity index (χ1) is 9.63. The first-order valence-corrected chi connectivity index (χ1v) is 6.56. The summed E-state index contributed by atoms with van der Waals surface area (Å²) in [5.41, 5.74) is 0.634. The number of benzene rings is 1. The number of nitrogens with zero attached hydrogens (tertiary/aromatic N) is 1. The molecule has 0 saturated carbocycles. The zero-order valence-electron chi connectivity index (χ0n) is 10.6. The molecule has 20 heavy (non-hydrogen) atoms. The molecule has 1 aromatic carbocycles.